The van der Waals surface area contributed by atoms with Crippen LogP contribution in [0.4, 0.5) is 4.39 Å². The first-order valence-electron chi connectivity index (χ1n) is 4.91. The van der Waals surface area contributed by atoms with E-state index in [-0.39, 0.29) is 11.1 Å². The van der Waals surface area contributed by atoms with E-state index < -0.39 is 5.82 Å². The summed E-state index contributed by atoms with van der Waals surface area (Å²) in [4.78, 5) is 0. The van der Waals surface area contributed by atoms with Gasteiger partial charge in [0.05, 0.1) is 5.02 Å². The van der Waals surface area contributed by atoms with Crippen LogP contribution in [0.2, 0.25) is 5.02 Å². The van der Waals surface area contributed by atoms with E-state index in [1.54, 1.807) is 6.07 Å². The molecule has 0 bridgehead atoms. The maximum atomic E-state index is 13.1. The molecule has 1 aromatic rings. The first-order valence-corrected chi connectivity index (χ1v) is 5.29. The van der Waals surface area contributed by atoms with E-state index in [1.165, 1.54) is 12.1 Å². The molecule has 82 valence electrons. The largest absolute Gasteiger partial charge is 0.324 e. The maximum Gasteiger partial charge on any atom is 0.142 e. The summed E-state index contributed by atoms with van der Waals surface area (Å²) in [7, 11) is 0. The van der Waals surface area contributed by atoms with Crippen molar-refractivity contribution in [2.45, 2.75) is 25.8 Å². The highest BCUT2D eigenvalue weighted by molar-refractivity contribution is 6.30. The molecular weight excluding hydrogens is 213 g/mol. The highest BCUT2D eigenvalue weighted by atomic mass is 35.5. The zero-order valence-corrected chi connectivity index (χ0v) is 9.52. The lowest BCUT2D eigenvalue weighted by Crippen LogP contribution is -2.11. The molecule has 1 atom stereocenters. The Morgan fingerprint density at radius 1 is 1.60 bits per heavy atom. The summed E-state index contributed by atoms with van der Waals surface area (Å²) >= 11 is 5.58. The molecule has 0 aliphatic carbocycles. The van der Waals surface area contributed by atoms with Gasteiger partial charge in [0.15, 0.2) is 0 Å². The lowest BCUT2D eigenvalue weighted by molar-refractivity contribution is 0.617. The normalized spacial score (nSPS) is 12.5. The summed E-state index contributed by atoms with van der Waals surface area (Å²) in [5.41, 5.74) is 7.74. The molecule has 2 N–H and O–H groups in total. The SMILES string of the molecule is C=C(CC)CC(N)c1ccc(Cl)c(F)c1. The number of hydrogen-bond acceptors (Lipinski definition) is 1. The Morgan fingerprint density at radius 3 is 2.80 bits per heavy atom. The molecule has 0 amide bonds. The van der Waals surface area contributed by atoms with E-state index in [0.29, 0.717) is 6.42 Å². The Hall–Kier alpha value is -0.860. The molecule has 0 aliphatic heterocycles. The van der Waals surface area contributed by atoms with Crippen molar-refractivity contribution in [3.05, 3.63) is 46.8 Å². The van der Waals surface area contributed by atoms with Crippen LogP contribution in [0.5, 0.6) is 0 Å². The lowest BCUT2D eigenvalue weighted by atomic mass is 9.99. The second-order valence-corrected chi connectivity index (χ2v) is 3.99. The van der Waals surface area contributed by atoms with Gasteiger partial charge in [-0.05, 0) is 30.5 Å². The Bertz CT molecular complexity index is 363. The fourth-order valence-corrected chi connectivity index (χ4v) is 1.43. The predicted octanol–water partition coefficient (Wildman–Crippen LogP) is 3.84. The van der Waals surface area contributed by atoms with Gasteiger partial charge in [-0.15, -0.1) is 0 Å². The van der Waals surface area contributed by atoms with Gasteiger partial charge in [-0.1, -0.05) is 36.7 Å². The monoisotopic (exact) mass is 227 g/mol. The summed E-state index contributed by atoms with van der Waals surface area (Å²) in [6.07, 6.45) is 1.57. The summed E-state index contributed by atoms with van der Waals surface area (Å²) in [6.45, 7) is 5.90. The molecular formula is C12H15ClFN. The van der Waals surface area contributed by atoms with Crippen LogP contribution in [0, 0.1) is 5.82 Å². The third kappa shape index (κ3) is 3.33. The number of hydrogen-bond donors (Lipinski definition) is 1. The Morgan fingerprint density at radius 2 is 2.27 bits per heavy atom. The molecule has 0 saturated carbocycles. The average Bonchev–Trinajstić information content (AvgIpc) is 2.21. The molecule has 0 saturated heterocycles. The molecule has 0 heterocycles. The second-order valence-electron chi connectivity index (χ2n) is 3.59. The van der Waals surface area contributed by atoms with Crippen molar-refractivity contribution in [3.8, 4) is 0 Å². The fourth-order valence-electron chi connectivity index (χ4n) is 1.32. The maximum absolute atomic E-state index is 13.1. The zero-order chi connectivity index (χ0) is 11.4. The molecule has 0 aromatic heterocycles. The standard InChI is InChI=1S/C12H15ClFN/c1-3-8(2)6-12(15)9-4-5-10(13)11(14)7-9/h4-5,7,12H,2-3,6,15H2,1H3. The molecule has 0 spiro atoms. The van der Waals surface area contributed by atoms with Crippen LogP contribution in [0.3, 0.4) is 0 Å². The van der Waals surface area contributed by atoms with Crippen LogP contribution < -0.4 is 5.73 Å². The van der Waals surface area contributed by atoms with Gasteiger partial charge in [-0.3, -0.25) is 0 Å². The minimum absolute atomic E-state index is 0.125. The van der Waals surface area contributed by atoms with Gasteiger partial charge in [-0.25, -0.2) is 4.39 Å². The van der Waals surface area contributed by atoms with Gasteiger partial charge >= 0.3 is 0 Å². The van der Waals surface area contributed by atoms with E-state index >= 15 is 0 Å². The molecule has 1 unspecified atom stereocenters. The Kier molecular flexibility index (Phi) is 4.30. The van der Waals surface area contributed by atoms with E-state index in [0.717, 1.165) is 17.6 Å². The lowest BCUT2D eigenvalue weighted by Gasteiger charge is -2.13. The minimum Gasteiger partial charge on any atom is -0.324 e. The van der Waals surface area contributed by atoms with Crippen molar-refractivity contribution in [3.63, 3.8) is 0 Å². The third-order valence-electron chi connectivity index (χ3n) is 2.38. The Labute approximate surface area is 94.7 Å². The topological polar surface area (TPSA) is 26.0 Å². The molecule has 1 rings (SSSR count). The van der Waals surface area contributed by atoms with E-state index in [1.807, 2.05) is 6.92 Å². The van der Waals surface area contributed by atoms with Crippen LogP contribution in [-0.4, -0.2) is 0 Å². The van der Waals surface area contributed by atoms with Crippen LogP contribution in [-0.2, 0) is 0 Å². The van der Waals surface area contributed by atoms with Gasteiger partial charge < -0.3 is 5.73 Å². The first-order chi connectivity index (χ1) is 7.04. The van der Waals surface area contributed by atoms with Crippen LogP contribution in [0.1, 0.15) is 31.4 Å². The molecule has 3 heteroatoms. The molecule has 1 nitrogen and oxygen atoms in total. The molecule has 0 fully saturated rings. The van der Waals surface area contributed by atoms with Crippen molar-refractivity contribution in [2.24, 2.45) is 5.73 Å². The molecule has 0 aliphatic rings. The van der Waals surface area contributed by atoms with Gasteiger partial charge in [0.1, 0.15) is 5.82 Å². The highest BCUT2D eigenvalue weighted by Gasteiger charge is 2.09. The average molecular weight is 228 g/mol. The highest BCUT2D eigenvalue weighted by Crippen LogP contribution is 2.23. The molecule has 15 heavy (non-hydrogen) atoms. The number of nitrogens with two attached hydrogens (primary N) is 1. The van der Waals surface area contributed by atoms with E-state index in [9.17, 15) is 4.39 Å². The summed E-state index contributed by atoms with van der Waals surface area (Å²) in [6, 6.07) is 4.46. The van der Waals surface area contributed by atoms with Gasteiger partial charge in [-0.2, -0.15) is 0 Å². The Balaban J connectivity index is 2.78. The van der Waals surface area contributed by atoms with Crippen molar-refractivity contribution >= 4 is 11.6 Å². The quantitative estimate of drug-likeness (QED) is 0.778. The van der Waals surface area contributed by atoms with Crippen LogP contribution >= 0.6 is 11.6 Å². The van der Waals surface area contributed by atoms with Crippen LogP contribution in [0.25, 0.3) is 0 Å². The zero-order valence-electron chi connectivity index (χ0n) is 8.76. The number of halogens is 2. The van der Waals surface area contributed by atoms with Crippen LogP contribution in [0.15, 0.2) is 30.4 Å². The van der Waals surface area contributed by atoms with Crippen molar-refractivity contribution in [1.29, 1.82) is 0 Å². The predicted molar refractivity (Wildman–Crippen MR) is 62.4 cm³/mol. The number of rotatable bonds is 4. The third-order valence-corrected chi connectivity index (χ3v) is 2.69. The van der Waals surface area contributed by atoms with Crippen molar-refractivity contribution in [2.75, 3.05) is 0 Å². The second kappa shape index (κ2) is 5.29. The molecule has 1 aromatic carbocycles. The van der Waals surface area contributed by atoms with Crippen molar-refractivity contribution < 1.29 is 4.39 Å². The van der Waals surface area contributed by atoms with E-state index in [4.69, 9.17) is 17.3 Å². The molecule has 0 radical (unpaired) electrons. The van der Waals surface area contributed by atoms with Gasteiger partial charge in [0.25, 0.3) is 0 Å². The summed E-state index contributed by atoms with van der Waals surface area (Å²) in [5, 5.41) is 0.125. The smallest absolute Gasteiger partial charge is 0.142 e. The summed E-state index contributed by atoms with van der Waals surface area (Å²) in [5.74, 6) is -0.424. The van der Waals surface area contributed by atoms with Gasteiger partial charge in [0, 0.05) is 6.04 Å². The first kappa shape index (κ1) is 12.2. The van der Waals surface area contributed by atoms with Gasteiger partial charge in [0.2, 0.25) is 0 Å². The number of benzene rings is 1. The fraction of sp³-hybridized carbons (Fsp3) is 0.333. The minimum atomic E-state index is -0.424. The van der Waals surface area contributed by atoms with E-state index in [2.05, 4.69) is 6.58 Å². The van der Waals surface area contributed by atoms with Crippen molar-refractivity contribution in [1.82, 2.24) is 0 Å². The summed E-state index contributed by atoms with van der Waals surface area (Å²) < 4.78 is 13.1.